The molecule has 14 rings (SSSR count). The van der Waals surface area contributed by atoms with Crippen molar-refractivity contribution in [1.82, 2.24) is 4.57 Å². The Kier molecular flexibility index (Phi) is 12.3. The first-order valence-electron chi connectivity index (χ1n) is 28.3. The number of aromatic nitrogens is 1. The van der Waals surface area contributed by atoms with Gasteiger partial charge in [-0.25, -0.2) is 0 Å². The molecule has 1 heterocycles. The van der Waals surface area contributed by atoms with Crippen molar-refractivity contribution in [3.05, 3.63) is 325 Å². The zero-order valence-electron chi connectivity index (χ0n) is 46.4. The fourth-order valence-electron chi connectivity index (χ4n) is 12.7. The van der Waals surface area contributed by atoms with Crippen molar-refractivity contribution in [1.29, 1.82) is 0 Å². The molecule has 0 aliphatic heterocycles. The molecule has 3 heteroatoms. The summed E-state index contributed by atoms with van der Waals surface area (Å²) in [5.41, 5.74) is 21.5. The number of nitrogens with zero attached hydrogens (tertiary/aromatic N) is 2. The summed E-state index contributed by atoms with van der Waals surface area (Å²) >= 11 is 0. The van der Waals surface area contributed by atoms with Crippen LogP contribution in [0.4, 0.5) is 17.1 Å². The van der Waals surface area contributed by atoms with Crippen LogP contribution >= 0.6 is 0 Å². The molecule has 0 saturated carbocycles. The van der Waals surface area contributed by atoms with E-state index in [-0.39, 0.29) is 5.41 Å². The Hall–Kier alpha value is -10.2. The number of fused-ring (bicyclic) bond motifs is 7. The Balaban J connectivity index is 0.889. The molecule has 1 aliphatic rings. The van der Waals surface area contributed by atoms with Crippen molar-refractivity contribution < 1.29 is 4.74 Å². The smallest absolute Gasteiger partial charge is 0.127 e. The fraction of sp³-hybridized carbons (Fsp3) is 0.0633. The van der Waals surface area contributed by atoms with Gasteiger partial charge in [-0.15, -0.1) is 0 Å². The van der Waals surface area contributed by atoms with Gasteiger partial charge >= 0.3 is 0 Å². The summed E-state index contributed by atoms with van der Waals surface area (Å²) in [6.45, 7) is 14.7. The first-order valence-corrected chi connectivity index (χ1v) is 28.3. The van der Waals surface area contributed by atoms with Crippen LogP contribution in [0.5, 0.6) is 11.5 Å². The molecular weight excluding hydrogens is 993 g/mol. The molecule has 0 fully saturated rings. The van der Waals surface area contributed by atoms with Gasteiger partial charge in [-0.3, -0.25) is 0 Å². The monoisotopic (exact) mass is 1050 g/mol. The van der Waals surface area contributed by atoms with Crippen molar-refractivity contribution in [2.75, 3.05) is 4.90 Å². The number of para-hydroxylation sites is 1. The van der Waals surface area contributed by atoms with E-state index >= 15 is 0 Å². The summed E-state index contributed by atoms with van der Waals surface area (Å²) in [4.78, 5) is 2.45. The minimum Gasteiger partial charge on any atom is -0.457 e. The van der Waals surface area contributed by atoms with Crippen LogP contribution in [-0.4, -0.2) is 4.57 Å². The second-order valence-corrected chi connectivity index (χ2v) is 22.6. The topological polar surface area (TPSA) is 17.4 Å². The third-order valence-electron chi connectivity index (χ3n) is 16.9. The lowest BCUT2D eigenvalue weighted by Crippen LogP contribution is -2.29. The maximum atomic E-state index is 6.48. The summed E-state index contributed by atoms with van der Waals surface area (Å²) < 4.78 is 8.87. The molecule has 392 valence electrons. The molecule has 1 aromatic heterocycles. The van der Waals surface area contributed by atoms with Gasteiger partial charge in [-0.05, 0) is 168 Å². The van der Waals surface area contributed by atoms with Crippen molar-refractivity contribution >= 4 is 61.8 Å². The minimum atomic E-state index is -0.666. The van der Waals surface area contributed by atoms with Gasteiger partial charge in [0.2, 0.25) is 0 Å². The van der Waals surface area contributed by atoms with Gasteiger partial charge in [0.25, 0.3) is 0 Å². The second-order valence-electron chi connectivity index (χ2n) is 22.6. The second kappa shape index (κ2) is 20.2. The van der Waals surface area contributed by atoms with Crippen LogP contribution in [0.15, 0.2) is 286 Å². The summed E-state index contributed by atoms with van der Waals surface area (Å²) in [6, 6.07) is 100. The Morgan fingerprint density at radius 2 is 0.939 bits per heavy atom. The Labute approximate surface area is 480 Å². The van der Waals surface area contributed by atoms with Gasteiger partial charge in [0.1, 0.15) is 11.5 Å². The molecule has 3 nitrogen and oxygen atoms in total. The normalized spacial score (nSPS) is 13.7. The highest BCUT2D eigenvalue weighted by atomic mass is 16.5. The lowest BCUT2D eigenvalue weighted by Gasteiger charge is -2.35. The van der Waals surface area contributed by atoms with E-state index in [9.17, 15) is 0 Å². The zero-order valence-corrected chi connectivity index (χ0v) is 46.4. The summed E-state index contributed by atoms with van der Waals surface area (Å²) in [5.74, 6) is 1.56. The van der Waals surface area contributed by atoms with Gasteiger partial charge in [0, 0.05) is 33.2 Å². The molecule has 12 aromatic carbocycles. The van der Waals surface area contributed by atoms with Crippen molar-refractivity contribution in [2.24, 2.45) is 0 Å². The molecule has 0 spiro atoms. The van der Waals surface area contributed by atoms with E-state index in [4.69, 9.17) is 4.74 Å². The highest BCUT2D eigenvalue weighted by Crippen LogP contribution is 2.58. The lowest BCUT2D eigenvalue weighted by atomic mass is 9.67. The average molecular weight is 1050 g/mol. The van der Waals surface area contributed by atoms with Gasteiger partial charge in [0.15, 0.2) is 0 Å². The molecule has 0 bridgehead atoms. The first kappa shape index (κ1) is 50.0. The van der Waals surface area contributed by atoms with Crippen LogP contribution in [0, 0.1) is 0 Å². The Morgan fingerprint density at radius 3 is 1.63 bits per heavy atom. The van der Waals surface area contributed by atoms with E-state index in [0.29, 0.717) is 0 Å². The Bertz CT molecular complexity index is 4550. The maximum Gasteiger partial charge on any atom is 0.127 e. The standard InChI is InChI=1S/C79H60N2O/c1-6-53-23-27-55(28-24-53)56-29-42-64(43-30-56)81-76-21-13-11-19-71(76)72-51-59(33-50-77(72)81)57-31-40-63(41-32-57)80(75-22-14-16-58-15-8-9-17-68(58)75)65-44-49-70-69-18-10-12-20-73(69)79(74(70)52-65,61-36-34-60(35-37-61)78(3,4)5)62-38-47-67(48-39-62)82-66-45-25-54(7-2)26-46-66/h6-52H,1-2H2,3-5H3. The van der Waals surface area contributed by atoms with Gasteiger partial charge in [0.05, 0.1) is 22.1 Å². The first-order chi connectivity index (χ1) is 40.2. The van der Waals surface area contributed by atoms with Crippen LogP contribution in [-0.2, 0) is 10.8 Å². The van der Waals surface area contributed by atoms with Gasteiger partial charge in [-0.2, -0.15) is 0 Å². The number of rotatable bonds is 12. The van der Waals surface area contributed by atoms with Crippen molar-refractivity contribution in [2.45, 2.75) is 31.6 Å². The molecule has 1 atom stereocenters. The molecule has 0 radical (unpaired) electrons. The molecule has 13 aromatic rings. The average Bonchev–Trinajstić information content (AvgIpc) is 1.96. The van der Waals surface area contributed by atoms with E-state index in [1.54, 1.807) is 0 Å². The van der Waals surface area contributed by atoms with E-state index in [2.05, 4.69) is 292 Å². The van der Waals surface area contributed by atoms with Crippen molar-refractivity contribution in [3.8, 4) is 50.6 Å². The SMILES string of the molecule is C=Cc1ccc(Oc2ccc(C3(c4ccc(C(C)(C)C)cc4)c4ccccc4-c4ccc(N(c5ccc(-c6ccc7c(c6)c6ccccc6n7-c6ccc(-c7ccc(C=C)cc7)cc6)cc5)c5cccc6ccccc56)cc43)cc2)cc1. The minimum absolute atomic E-state index is 0.0110. The molecule has 1 unspecified atom stereocenters. The predicted molar refractivity (Wildman–Crippen MR) is 347 cm³/mol. The largest absolute Gasteiger partial charge is 0.457 e. The number of anilines is 3. The quantitative estimate of drug-likeness (QED) is 0.121. The highest BCUT2D eigenvalue weighted by Gasteiger charge is 2.46. The van der Waals surface area contributed by atoms with Gasteiger partial charge < -0.3 is 14.2 Å². The molecule has 1 aliphatic carbocycles. The fourth-order valence-corrected chi connectivity index (χ4v) is 12.7. The van der Waals surface area contributed by atoms with E-state index in [1.165, 1.54) is 82.6 Å². The summed E-state index contributed by atoms with van der Waals surface area (Å²) in [6.07, 6.45) is 3.73. The molecule has 0 N–H and O–H groups in total. The molecule has 0 saturated heterocycles. The van der Waals surface area contributed by atoms with Crippen LogP contribution in [0.3, 0.4) is 0 Å². The number of benzene rings is 12. The third kappa shape index (κ3) is 8.52. The molecular formula is C79H60N2O. The van der Waals surface area contributed by atoms with E-state index in [1.807, 2.05) is 36.4 Å². The van der Waals surface area contributed by atoms with Gasteiger partial charge in [-0.1, -0.05) is 234 Å². The van der Waals surface area contributed by atoms with Crippen molar-refractivity contribution in [3.63, 3.8) is 0 Å². The summed E-state index contributed by atoms with van der Waals surface area (Å²) in [7, 11) is 0. The summed E-state index contributed by atoms with van der Waals surface area (Å²) in [5, 5.41) is 4.80. The number of ether oxygens (including phenoxy) is 1. The zero-order chi connectivity index (χ0) is 55.5. The highest BCUT2D eigenvalue weighted by molar-refractivity contribution is 6.10. The van der Waals surface area contributed by atoms with Crippen LogP contribution in [0.25, 0.3) is 83.8 Å². The van der Waals surface area contributed by atoms with Crippen LogP contribution in [0.1, 0.15) is 59.7 Å². The predicted octanol–water partition coefficient (Wildman–Crippen LogP) is 21.5. The van der Waals surface area contributed by atoms with Crippen LogP contribution < -0.4 is 9.64 Å². The Morgan fingerprint density at radius 1 is 0.415 bits per heavy atom. The van der Waals surface area contributed by atoms with Crippen LogP contribution in [0.2, 0.25) is 0 Å². The third-order valence-corrected chi connectivity index (χ3v) is 16.9. The number of hydrogen-bond acceptors (Lipinski definition) is 2. The number of hydrogen-bond donors (Lipinski definition) is 0. The maximum absolute atomic E-state index is 6.48. The van der Waals surface area contributed by atoms with E-state index in [0.717, 1.165) is 56.5 Å². The van der Waals surface area contributed by atoms with E-state index < -0.39 is 5.41 Å². The molecule has 0 amide bonds. The lowest BCUT2D eigenvalue weighted by molar-refractivity contribution is 0.482. The molecule has 82 heavy (non-hydrogen) atoms.